The number of fused-ring (bicyclic) bond motifs is 1. The van der Waals surface area contributed by atoms with Crippen molar-refractivity contribution >= 4 is 40.0 Å². The molecule has 0 aliphatic carbocycles. The fourth-order valence-corrected chi connectivity index (χ4v) is 3.50. The van der Waals surface area contributed by atoms with Crippen LogP contribution in [0.3, 0.4) is 0 Å². The molecule has 0 aliphatic rings. The molecule has 0 radical (unpaired) electrons. The van der Waals surface area contributed by atoms with E-state index in [0.29, 0.717) is 39.7 Å². The summed E-state index contributed by atoms with van der Waals surface area (Å²) in [6.45, 7) is 6.17. The Balaban J connectivity index is 1.49. The minimum atomic E-state index is -0.300. The maximum absolute atomic E-state index is 12.5. The molecule has 0 aliphatic heterocycles. The molecule has 162 valence electrons. The highest BCUT2D eigenvalue weighted by molar-refractivity contribution is 7.80. The fraction of sp³-hybridized carbons (Fsp3) is 0.160. The lowest BCUT2D eigenvalue weighted by Gasteiger charge is -2.11. The van der Waals surface area contributed by atoms with E-state index in [9.17, 15) is 9.90 Å². The van der Waals surface area contributed by atoms with Crippen LogP contribution in [0.1, 0.15) is 41.3 Å². The van der Waals surface area contributed by atoms with Crippen LogP contribution in [-0.2, 0) is 0 Å². The van der Waals surface area contributed by atoms with Gasteiger partial charge in [-0.05, 0) is 78.7 Å². The summed E-state index contributed by atoms with van der Waals surface area (Å²) >= 11 is 5.29. The van der Waals surface area contributed by atoms with E-state index < -0.39 is 0 Å². The van der Waals surface area contributed by atoms with E-state index in [2.05, 4.69) is 29.5 Å². The van der Waals surface area contributed by atoms with Gasteiger partial charge in [-0.25, -0.2) is 4.98 Å². The van der Waals surface area contributed by atoms with Crippen molar-refractivity contribution in [3.63, 3.8) is 0 Å². The van der Waals surface area contributed by atoms with Crippen molar-refractivity contribution in [2.75, 3.05) is 5.32 Å². The second kappa shape index (κ2) is 8.80. The first kappa shape index (κ1) is 21.5. The number of phenols is 1. The van der Waals surface area contributed by atoms with Crippen LogP contribution in [0, 0.1) is 6.92 Å². The largest absolute Gasteiger partial charge is 0.507 e. The summed E-state index contributed by atoms with van der Waals surface area (Å²) in [5, 5.41) is 16.1. The average molecular weight is 446 g/mol. The van der Waals surface area contributed by atoms with E-state index in [0.717, 1.165) is 11.1 Å². The van der Waals surface area contributed by atoms with Crippen molar-refractivity contribution in [3.05, 3.63) is 77.4 Å². The minimum absolute atomic E-state index is 0.0269. The first-order valence-electron chi connectivity index (χ1n) is 10.2. The van der Waals surface area contributed by atoms with Crippen molar-refractivity contribution in [1.29, 1.82) is 0 Å². The van der Waals surface area contributed by atoms with Crippen molar-refractivity contribution in [3.8, 4) is 17.2 Å². The van der Waals surface area contributed by atoms with Gasteiger partial charge < -0.3 is 14.8 Å². The molecule has 6 nitrogen and oxygen atoms in total. The fourth-order valence-electron chi connectivity index (χ4n) is 3.29. The summed E-state index contributed by atoms with van der Waals surface area (Å²) < 4.78 is 5.82. The molecule has 0 atom stereocenters. The van der Waals surface area contributed by atoms with Gasteiger partial charge in [-0.1, -0.05) is 32.0 Å². The maximum atomic E-state index is 12.5. The number of amides is 1. The zero-order valence-electron chi connectivity index (χ0n) is 18.0. The number of aromatic nitrogens is 1. The molecule has 1 amide bonds. The first-order chi connectivity index (χ1) is 15.3. The molecule has 0 saturated heterocycles. The smallest absolute Gasteiger partial charge is 0.257 e. The van der Waals surface area contributed by atoms with Gasteiger partial charge in [-0.2, -0.15) is 0 Å². The first-order valence-corrected chi connectivity index (χ1v) is 10.6. The zero-order chi connectivity index (χ0) is 22.8. The monoisotopic (exact) mass is 445 g/mol. The summed E-state index contributed by atoms with van der Waals surface area (Å²) in [7, 11) is 0. The standard InChI is InChI=1S/C25H23N3O3S/c1-14(2)16-5-7-17(8-6-16)23(30)28-25(32)26-18-9-11-21(29)19(13-18)24-27-20-10-4-15(3)12-22(20)31-24/h4-14,29H,1-3H3,(H2,26,28,30,32). The van der Waals surface area contributed by atoms with Gasteiger partial charge in [0, 0.05) is 11.3 Å². The van der Waals surface area contributed by atoms with E-state index in [1.54, 1.807) is 24.3 Å². The van der Waals surface area contributed by atoms with Crippen molar-refractivity contribution in [2.24, 2.45) is 0 Å². The molecular formula is C25H23N3O3S. The predicted octanol–water partition coefficient (Wildman–Crippen LogP) is 5.76. The third-order valence-corrected chi connectivity index (χ3v) is 5.30. The number of hydrogen-bond donors (Lipinski definition) is 3. The van der Waals surface area contributed by atoms with Crippen LogP contribution in [-0.4, -0.2) is 21.1 Å². The summed E-state index contributed by atoms with van der Waals surface area (Å²) in [6, 6.07) is 18.0. The molecule has 3 N–H and O–H groups in total. The molecule has 0 saturated carbocycles. The summed E-state index contributed by atoms with van der Waals surface area (Å²) in [5.74, 6) is 0.418. The average Bonchev–Trinajstić information content (AvgIpc) is 3.18. The highest BCUT2D eigenvalue weighted by atomic mass is 32.1. The van der Waals surface area contributed by atoms with Gasteiger partial charge in [-0.3, -0.25) is 10.1 Å². The second-order valence-corrected chi connectivity index (χ2v) is 8.32. The normalized spacial score (nSPS) is 11.0. The van der Waals surface area contributed by atoms with Crippen LogP contribution < -0.4 is 10.6 Å². The van der Waals surface area contributed by atoms with Crippen LogP contribution >= 0.6 is 12.2 Å². The van der Waals surface area contributed by atoms with Crippen LogP contribution in [0.2, 0.25) is 0 Å². The number of oxazole rings is 1. The summed E-state index contributed by atoms with van der Waals surface area (Å²) in [5.41, 5.74) is 5.08. The molecular weight excluding hydrogens is 422 g/mol. The molecule has 7 heteroatoms. The number of nitrogens with one attached hydrogen (secondary N) is 2. The summed E-state index contributed by atoms with van der Waals surface area (Å²) in [6.07, 6.45) is 0. The Morgan fingerprint density at radius 3 is 2.53 bits per heavy atom. The number of anilines is 1. The molecule has 0 fully saturated rings. The number of nitrogens with zero attached hydrogens (tertiary/aromatic N) is 1. The quantitative estimate of drug-likeness (QED) is 0.273. The van der Waals surface area contributed by atoms with Gasteiger partial charge in [0.25, 0.3) is 5.91 Å². The zero-order valence-corrected chi connectivity index (χ0v) is 18.8. The Morgan fingerprint density at radius 2 is 1.81 bits per heavy atom. The van der Waals surface area contributed by atoms with E-state index in [1.165, 1.54) is 6.07 Å². The number of rotatable bonds is 4. The van der Waals surface area contributed by atoms with Crippen molar-refractivity contribution < 1.29 is 14.3 Å². The van der Waals surface area contributed by atoms with Crippen molar-refractivity contribution in [2.45, 2.75) is 26.7 Å². The Hall–Kier alpha value is -3.71. The number of carbonyl (C=O) groups is 1. The summed E-state index contributed by atoms with van der Waals surface area (Å²) in [4.78, 5) is 16.9. The predicted molar refractivity (Wildman–Crippen MR) is 130 cm³/mol. The minimum Gasteiger partial charge on any atom is -0.507 e. The number of carbonyl (C=O) groups excluding carboxylic acids is 1. The molecule has 0 spiro atoms. The number of aryl methyl sites for hydroxylation is 1. The third-order valence-electron chi connectivity index (χ3n) is 5.10. The lowest BCUT2D eigenvalue weighted by molar-refractivity contribution is 0.0977. The third kappa shape index (κ3) is 4.63. The van der Waals surface area contributed by atoms with Gasteiger partial charge in [0.1, 0.15) is 11.3 Å². The van der Waals surface area contributed by atoms with E-state index >= 15 is 0 Å². The van der Waals surface area contributed by atoms with Crippen LogP contribution in [0.25, 0.3) is 22.6 Å². The highest BCUT2D eigenvalue weighted by Gasteiger charge is 2.15. The molecule has 32 heavy (non-hydrogen) atoms. The molecule has 1 heterocycles. The Morgan fingerprint density at radius 1 is 1.06 bits per heavy atom. The molecule has 3 aromatic carbocycles. The van der Waals surface area contributed by atoms with E-state index in [4.69, 9.17) is 16.6 Å². The Labute approximate surface area is 191 Å². The molecule has 4 aromatic rings. The number of phenolic OH excluding ortho intramolecular Hbond substituents is 1. The number of hydrogen-bond acceptors (Lipinski definition) is 5. The number of benzene rings is 3. The maximum Gasteiger partial charge on any atom is 0.257 e. The van der Waals surface area contributed by atoms with E-state index in [-0.39, 0.29) is 16.8 Å². The van der Waals surface area contributed by atoms with Crippen LogP contribution in [0.5, 0.6) is 5.75 Å². The second-order valence-electron chi connectivity index (χ2n) is 7.91. The van der Waals surface area contributed by atoms with Crippen LogP contribution in [0.15, 0.2) is 65.1 Å². The lowest BCUT2D eigenvalue weighted by atomic mass is 10.0. The van der Waals surface area contributed by atoms with Gasteiger partial charge in [0.2, 0.25) is 5.89 Å². The molecule has 0 bridgehead atoms. The van der Waals surface area contributed by atoms with Crippen LogP contribution in [0.4, 0.5) is 5.69 Å². The Bertz CT molecular complexity index is 1310. The van der Waals surface area contributed by atoms with E-state index in [1.807, 2.05) is 37.3 Å². The topological polar surface area (TPSA) is 87.4 Å². The lowest BCUT2D eigenvalue weighted by Crippen LogP contribution is -2.34. The molecule has 0 unspecified atom stereocenters. The van der Waals surface area contributed by atoms with Crippen molar-refractivity contribution in [1.82, 2.24) is 10.3 Å². The highest BCUT2D eigenvalue weighted by Crippen LogP contribution is 2.33. The number of thiocarbonyl (C=S) groups is 1. The molecule has 1 aromatic heterocycles. The molecule has 4 rings (SSSR count). The van der Waals surface area contributed by atoms with Gasteiger partial charge in [0.15, 0.2) is 10.7 Å². The van der Waals surface area contributed by atoms with Gasteiger partial charge in [0.05, 0.1) is 5.56 Å². The number of aromatic hydroxyl groups is 1. The van der Waals surface area contributed by atoms with Gasteiger partial charge in [-0.15, -0.1) is 0 Å². The Kier molecular flexibility index (Phi) is 5.92. The SMILES string of the molecule is Cc1ccc2nc(-c3cc(NC(=S)NC(=O)c4ccc(C(C)C)cc4)ccc3O)oc2c1. The van der Waals surface area contributed by atoms with Gasteiger partial charge >= 0.3 is 0 Å².